The van der Waals surface area contributed by atoms with Crippen LogP contribution in [0.3, 0.4) is 0 Å². The second-order valence-electron chi connectivity index (χ2n) is 5.47. The van der Waals surface area contributed by atoms with Gasteiger partial charge in [-0.15, -0.1) is 11.3 Å². The largest absolute Gasteiger partial charge is 0.349 e. The van der Waals surface area contributed by atoms with E-state index in [0.29, 0.717) is 0 Å². The Morgan fingerprint density at radius 2 is 2.10 bits per heavy atom. The molecule has 0 saturated heterocycles. The summed E-state index contributed by atoms with van der Waals surface area (Å²) in [5, 5.41) is 5.15. The second-order valence-corrected chi connectivity index (χ2v) is 6.50. The van der Waals surface area contributed by atoms with Crippen molar-refractivity contribution in [3.8, 4) is 0 Å². The molecule has 0 fully saturated rings. The Morgan fingerprint density at radius 1 is 1.29 bits per heavy atom. The number of carbonyl (C=O) groups excluding carboxylic acids is 1. The van der Waals surface area contributed by atoms with Gasteiger partial charge in [0.05, 0.1) is 10.4 Å². The normalized spacial score (nSPS) is 12.7. The van der Waals surface area contributed by atoms with E-state index in [-0.39, 0.29) is 11.9 Å². The lowest BCUT2D eigenvalue weighted by Gasteiger charge is -2.09. The highest BCUT2D eigenvalue weighted by Gasteiger charge is 2.13. The van der Waals surface area contributed by atoms with Gasteiger partial charge >= 0.3 is 0 Å². The molecular formula is C17H18N2OS. The van der Waals surface area contributed by atoms with Crippen molar-refractivity contribution < 1.29 is 4.79 Å². The standard InChI is InChI=1S/C17H18N2OS/c1-4-11(3)18-16(20)15-9-13-8-12-6-5-10(2)7-14(12)19-17(13)21-15/h5-9,11H,4H2,1-3H3,(H,18,20). The molecule has 1 unspecified atom stereocenters. The minimum atomic E-state index is -0.00686. The molecule has 2 heterocycles. The minimum Gasteiger partial charge on any atom is -0.349 e. The molecule has 4 heteroatoms. The molecule has 2 aromatic heterocycles. The van der Waals surface area contributed by atoms with Gasteiger partial charge in [0, 0.05) is 16.8 Å². The van der Waals surface area contributed by atoms with Gasteiger partial charge in [0.2, 0.25) is 0 Å². The number of thiophene rings is 1. The quantitative estimate of drug-likeness (QED) is 0.784. The van der Waals surface area contributed by atoms with Crippen molar-refractivity contribution in [1.82, 2.24) is 10.3 Å². The van der Waals surface area contributed by atoms with Crippen LogP contribution in [0.2, 0.25) is 0 Å². The van der Waals surface area contributed by atoms with Gasteiger partial charge in [0.25, 0.3) is 5.91 Å². The maximum atomic E-state index is 12.2. The van der Waals surface area contributed by atoms with Crippen molar-refractivity contribution in [2.24, 2.45) is 0 Å². The highest BCUT2D eigenvalue weighted by Crippen LogP contribution is 2.27. The van der Waals surface area contributed by atoms with E-state index < -0.39 is 0 Å². The van der Waals surface area contributed by atoms with Gasteiger partial charge in [-0.2, -0.15) is 0 Å². The van der Waals surface area contributed by atoms with Gasteiger partial charge in [-0.25, -0.2) is 4.98 Å². The minimum absolute atomic E-state index is 0.00686. The number of benzene rings is 1. The third-order valence-electron chi connectivity index (χ3n) is 3.67. The predicted molar refractivity (Wildman–Crippen MR) is 89.1 cm³/mol. The van der Waals surface area contributed by atoms with E-state index in [2.05, 4.69) is 48.4 Å². The molecule has 3 rings (SSSR count). The number of amides is 1. The summed E-state index contributed by atoms with van der Waals surface area (Å²) < 4.78 is 0. The number of fused-ring (bicyclic) bond motifs is 2. The van der Waals surface area contributed by atoms with E-state index in [1.54, 1.807) is 0 Å². The van der Waals surface area contributed by atoms with Crippen LogP contribution in [-0.4, -0.2) is 16.9 Å². The van der Waals surface area contributed by atoms with Gasteiger partial charge in [-0.3, -0.25) is 4.79 Å². The maximum absolute atomic E-state index is 12.2. The average molecular weight is 298 g/mol. The average Bonchev–Trinajstić information content (AvgIpc) is 2.87. The lowest BCUT2D eigenvalue weighted by Crippen LogP contribution is -2.31. The Bertz CT molecular complexity index is 822. The van der Waals surface area contributed by atoms with Crippen LogP contribution in [-0.2, 0) is 0 Å². The van der Waals surface area contributed by atoms with Crippen LogP contribution >= 0.6 is 11.3 Å². The molecule has 108 valence electrons. The zero-order chi connectivity index (χ0) is 15.0. The number of hydrogen-bond acceptors (Lipinski definition) is 3. The first-order chi connectivity index (χ1) is 10.1. The van der Waals surface area contributed by atoms with Gasteiger partial charge in [0.1, 0.15) is 4.83 Å². The van der Waals surface area contributed by atoms with Crippen LogP contribution in [0.15, 0.2) is 30.3 Å². The SMILES string of the molecule is CCC(C)NC(=O)c1cc2cc3ccc(C)cc3nc2s1. The number of pyridine rings is 1. The van der Waals surface area contributed by atoms with Gasteiger partial charge in [-0.1, -0.05) is 19.1 Å². The Labute approximate surface area is 128 Å². The highest BCUT2D eigenvalue weighted by atomic mass is 32.1. The van der Waals surface area contributed by atoms with Gasteiger partial charge < -0.3 is 5.32 Å². The summed E-state index contributed by atoms with van der Waals surface area (Å²) in [5.74, 6) is -0.00686. The van der Waals surface area contributed by atoms with E-state index in [4.69, 9.17) is 0 Å². The summed E-state index contributed by atoms with van der Waals surface area (Å²) >= 11 is 1.46. The zero-order valence-corrected chi connectivity index (χ0v) is 13.3. The smallest absolute Gasteiger partial charge is 0.261 e. The monoisotopic (exact) mass is 298 g/mol. The molecule has 0 aliphatic heterocycles. The fourth-order valence-corrected chi connectivity index (χ4v) is 3.17. The van der Waals surface area contributed by atoms with Crippen molar-refractivity contribution in [2.45, 2.75) is 33.2 Å². The Hall–Kier alpha value is -1.94. The fourth-order valence-electron chi connectivity index (χ4n) is 2.24. The predicted octanol–water partition coefficient (Wildman–Crippen LogP) is 4.29. The first kappa shape index (κ1) is 14.0. The van der Waals surface area contributed by atoms with Crippen molar-refractivity contribution in [3.05, 3.63) is 40.8 Å². The molecule has 1 aromatic carbocycles. The third-order valence-corrected chi connectivity index (χ3v) is 4.72. The van der Waals surface area contributed by atoms with E-state index in [0.717, 1.165) is 32.4 Å². The van der Waals surface area contributed by atoms with Crippen molar-refractivity contribution in [1.29, 1.82) is 0 Å². The molecule has 1 N–H and O–H groups in total. The fraction of sp³-hybridized carbons (Fsp3) is 0.294. The number of rotatable bonds is 3. The van der Waals surface area contributed by atoms with Gasteiger partial charge in [0.15, 0.2) is 0 Å². The van der Waals surface area contributed by atoms with Crippen LogP contribution in [0.25, 0.3) is 21.1 Å². The highest BCUT2D eigenvalue weighted by molar-refractivity contribution is 7.20. The molecule has 0 saturated carbocycles. The lowest BCUT2D eigenvalue weighted by atomic mass is 10.1. The third kappa shape index (κ3) is 2.76. The molecule has 0 radical (unpaired) electrons. The number of aryl methyl sites for hydroxylation is 1. The second kappa shape index (κ2) is 5.45. The van der Waals surface area contributed by atoms with Crippen LogP contribution in [0.5, 0.6) is 0 Å². The van der Waals surface area contributed by atoms with E-state index in [1.165, 1.54) is 16.9 Å². The van der Waals surface area contributed by atoms with E-state index in [1.807, 2.05) is 13.0 Å². The molecule has 0 spiro atoms. The molecule has 1 amide bonds. The molecule has 3 nitrogen and oxygen atoms in total. The number of carbonyl (C=O) groups is 1. The Kier molecular flexibility index (Phi) is 3.64. The number of aromatic nitrogens is 1. The number of hydrogen-bond donors (Lipinski definition) is 1. The summed E-state index contributed by atoms with van der Waals surface area (Å²) in [6.07, 6.45) is 0.929. The van der Waals surface area contributed by atoms with E-state index >= 15 is 0 Å². The summed E-state index contributed by atoms with van der Waals surface area (Å²) in [6, 6.07) is 10.5. The molecule has 0 aliphatic rings. The molecule has 0 aliphatic carbocycles. The van der Waals surface area contributed by atoms with Crippen LogP contribution in [0.4, 0.5) is 0 Å². The molecule has 1 atom stereocenters. The number of nitrogens with zero attached hydrogens (tertiary/aromatic N) is 1. The van der Waals surface area contributed by atoms with Crippen LogP contribution in [0.1, 0.15) is 35.5 Å². The topological polar surface area (TPSA) is 42.0 Å². The van der Waals surface area contributed by atoms with Crippen molar-refractivity contribution in [3.63, 3.8) is 0 Å². The number of nitrogens with one attached hydrogen (secondary N) is 1. The first-order valence-corrected chi connectivity index (χ1v) is 8.00. The Balaban J connectivity index is 2.03. The molecular weight excluding hydrogens is 280 g/mol. The van der Waals surface area contributed by atoms with Crippen molar-refractivity contribution in [2.75, 3.05) is 0 Å². The zero-order valence-electron chi connectivity index (χ0n) is 12.4. The molecule has 0 bridgehead atoms. The van der Waals surface area contributed by atoms with Gasteiger partial charge in [-0.05, 0) is 44.0 Å². The Morgan fingerprint density at radius 3 is 2.86 bits per heavy atom. The van der Waals surface area contributed by atoms with Crippen LogP contribution in [0, 0.1) is 6.92 Å². The lowest BCUT2D eigenvalue weighted by molar-refractivity contribution is 0.0943. The molecule has 3 aromatic rings. The first-order valence-electron chi connectivity index (χ1n) is 7.18. The summed E-state index contributed by atoms with van der Waals surface area (Å²) in [7, 11) is 0. The molecule has 21 heavy (non-hydrogen) atoms. The van der Waals surface area contributed by atoms with Crippen molar-refractivity contribution >= 4 is 38.4 Å². The summed E-state index contributed by atoms with van der Waals surface area (Å²) in [4.78, 5) is 18.5. The summed E-state index contributed by atoms with van der Waals surface area (Å²) in [5.41, 5.74) is 2.18. The van der Waals surface area contributed by atoms with E-state index in [9.17, 15) is 4.79 Å². The summed E-state index contributed by atoms with van der Waals surface area (Å²) in [6.45, 7) is 6.14. The maximum Gasteiger partial charge on any atom is 0.261 e. The van der Waals surface area contributed by atoms with Crippen LogP contribution < -0.4 is 5.32 Å².